The second kappa shape index (κ2) is 24.0. The van der Waals surface area contributed by atoms with E-state index < -0.39 is 83.8 Å². The highest BCUT2D eigenvalue weighted by Gasteiger charge is 2.32. The molecule has 18 heteroatoms. The van der Waals surface area contributed by atoms with Gasteiger partial charge in [0.2, 0.25) is 41.4 Å². The first kappa shape index (κ1) is 44.8. The van der Waals surface area contributed by atoms with Crippen LogP contribution in [0.4, 0.5) is 0 Å². The molecule has 0 heterocycles. The van der Waals surface area contributed by atoms with E-state index in [0.717, 1.165) is 0 Å². The molecular formula is C31H57N9O9. The van der Waals surface area contributed by atoms with E-state index in [-0.39, 0.29) is 12.3 Å². The van der Waals surface area contributed by atoms with Crippen molar-refractivity contribution in [3.8, 4) is 0 Å². The van der Waals surface area contributed by atoms with Crippen molar-refractivity contribution >= 4 is 47.6 Å². The molecular weight excluding hydrogens is 642 g/mol. The Morgan fingerprint density at radius 3 is 1.63 bits per heavy atom. The Hall–Kier alpha value is -4.16. The first-order chi connectivity index (χ1) is 23.0. The summed E-state index contributed by atoms with van der Waals surface area (Å²) in [5, 5.41) is 27.6. The Labute approximate surface area is 287 Å². The molecule has 49 heavy (non-hydrogen) atoms. The second-order valence-corrected chi connectivity index (χ2v) is 12.0. The molecule has 0 radical (unpaired) electrons. The average Bonchev–Trinajstić information content (AvgIpc) is 3.04. The maximum Gasteiger partial charge on any atom is 0.245 e. The fourth-order valence-corrected chi connectivity index (χ4v) is 4.22. The van der Waals surface area contributed by atoms with Crippen LogP contribution in [0, 0.1) is 0 Å². The molecule has 8 atom stereocenters. The minimum absolute atomic E-state index is 0.0818. The van der Waals surface area contributed by atoms with Crippen LogP contribution in [-0.2, 0) is 38.4 Å². The van der Waals surface area contributed by atoms with Crippen molar-refractivity contribution in [2.75, 3.05) is 13.1 Å². The van der Waals surface area contributed by atoms with E-state index >= 15 is 0 Å². The largest absolute Gasteiger partial charge is 0.391 e. The molecule has 0 aliphatic carbocycles. The SMILES string of the molecule is CCC(=O)NCCCC[C@H](NC(=O)[C@@H](NC(=O)[C@H](C)N)[C@@H](C)O)C(=O)N[C@@H](C)C(=O)N[C@@H](C)C(=O)N[C@@H](C)C(=O)N[C@H](C=O)CCCCN. The average molecular weight is 700 g/mol. The van der Waals surface area contributed by atoms with Crippen molar-refractivity contribution in [2.24, 2.45) is 11.5 Å². The van der Waals surface area contributed by atoms with Crippen LogP contribution in [0.1, 0.15) is 86.5 Å². The molecule has 0 aliphatic heterocycles. The highest BCUT2D eigenvalue weighted by atomic mass is 16.3. The maximum atomic E-state index is 13.3. The summed E-state index contributed by atoms with van der Waals surface area (Å²) in [4.78, 5) is 99.3. The minimum atomic E-state index is -1.43. The van der Waals surface area contributed by atoms with E-state index in [4.69, 9.17) is 11.5 Å². The predicted octanol–water partition coefficient (Wildman–Crippen LogP) is -3.29. The Bertz CT molecular complexity index is 1120. The van der Waals surface area contributed by atoms with Crippen molar-refractivity contribution in [1.82, 2.24) is 37.2 Å². The lowest BCUT2D eigenvalue weighted by atomic mass is 10.1. The van der Waals surface area contributed by atoms with Gasteiger partial charge in [0.05, 0.1) is 18.2 Å². The van der Waals surface area contributed by atoms with Gasteiger partial charge >= 0.3 is 0 Å². The number of aliphatic hydroxyl groups is 1. The van der Waals surface area contributed by atoms with Gasteiger partial charge < -0.3 is 58.6 Å². The van der Waals surface area contributed by atoms with Gasteiger partial charge in [0.15, 0.2) is 0 Å². The lowest BCUT2D eigenvalue weighted by molar-refractivity contribution is -0.136. The van der Waals surface area contributed by atoms with Gasteiger partial charge in [-0.2, -0.15) is 0 Å². The lowest BCUT2D eigenvalue weighted by Gasteiger charge is -2.26. The van der Waals surface area contributed by atoms with Crippen molar-refractivity contribution < 1.29 is 43.5 Å². The van der Waals surface area contributed by atoms with Crippen LogP contribution in [0.25, 0.3) is 0 Å². The number of aldehydes is 1. The molecule has 0 spiro atoms. The number of carbonyl (C=O) groups excluding carboxylic acids is 8. The van der Waals surface area contributed by atoms with Gasteiger partial charge in [-0.15, -0.1) is 0 Å². The number of carbonyl (C=O) groups is 8. The van der Waals surface area contributed by atoms with E-state index in [9.17, 15) is 43.5 Å². The summed E-state index contributed by atoms with van der Waals surface area (Å²) in [6, 6.07) is -7.67. The van der Waals surface area contributed by atoms with Gasteiger partial charge in [0.1, 0.15) is 36.5 Å². The number of amides is 7. The second-order valence-electron chi connectivity index (χ2n) is 12.0. The summed E-state index contributed by atoms with van der Waals surface area (Å²) in [7, 11) is 0. The van der Waals surface area contributed by atoms with E-state index in [2.05, 4.69) is 37.2 Å². The summed E-state index contributed by atoms with van der Waals surface area (Å²) in [5.41, 5.74) is 11.0. The summed E-state index contributed by atoms with van der Waals surface area (Å²) < 4.78 is 0. The van der Waals surface area contributed by atoms with Crippen molar-refractivity contribution in [3.05, 3.63) is 0 Å². The first-order valence-electron chi connectivity index (χ1n) is 16.7. The van der Waals surface area contributed by atoms with Crippen LogP contribution in [0.5, 0.6) is 0 Å². The van der Waals surface area contributed by atoms with Crippen LogP contribution in [0.3, 0.4) is 0 Å². The van der Waals surface area contributed by atoms with E-state index in [1.54, 1.807) is 6.92 Å². The molecule has 0 aromatic rings. The molecule has 0 fully saturated rings. The zero-order chi connectivity index (χ0) is 37.7. The predicted molar refractivity (Wildman–Crippen MR) is 180 cm³/mol. The maximum absolute atomic E-state index is 13.3. The highest BCUT2D eigenvalue weighted by molar-refractivity contribution is 5.96. The van der Waals surface area contributed by atoms with Gasteiger partial charge in [-0.3, -0.25) is 33.6 Å². The number of nitrogens with two attached hydrogens (primary N) is 2. The van der Waals surface area contributed by atoms with Gasteiger partial charge in [-0.25, -0.2) is 0 Å². The first-order valence-corrected chi connectivity index (χ1v) is 16.7. The summed E-state index contributed by atoms with van der Waals surface area (Å²) in [5.74, 6) is -4.49. The molecule has 0 aromatic heterocycles. The molecule has 18 nitrogen and oxygen atoms in total. The minimum Gasteiger partial charge on any atom is -0.391 e. The van der Waals surface area contributed by atoms with Gasteiger partial charge in [-0.05, 0) is 79.7 Å². The van der Waals surface area contributed by atoms with Crippen molar-refractivity contribution in [3.63, 3.8) is 0 Å². The molecule has 0 rings (SSSR count). The summed E-state index contributed by atoms with van der Waals surface area (Å²) >= 11 is 0. The molecule has 0 bridgehead atoms. The smallest absolute Gasteiger partial charge is 0.245 e. The summed E-state index contributed by atoms with van der Waals surface area (Å²) in [6.45, 7) is 9.32. The molecule has 0 aromatic carbocycles. The molecule has 12 N–H and O–H groups in total. The third-order valence-electron chi connectivity index (χ3n) is 7.39. The van der Waals surface area contributed by atoms with E-state index in [0.29, 0.717) is 57.9 Å². The number of nitrogens with one attached hydrogen (secondary N) is 7. The Morgan fingerprint density at radius 1 is 0.653 bits per heavy atom. The molecule has 7 amide bonds. The third-order valence-corrected chi connectivity index (χ3v) is 7.39. The normalized spacial score (nSPS) is 15.8. The number of rotatable bonds is 24. The molecule has 0 unspecified atom stereocenters. The Morgan fingerprint density at radius 2 is 1.16 bits per heavy atom. The van der Waals surface area contributed by atoms with Crippen LogP contribution in [-0.4, -0.2) is 114 Å². The number of unbranched alkanes of at least 4 members (excludes halogenated alkanes) is 2. The number of hydrogen-bond donors (Lipinski definition) is 10. The van der Waals surface area contributed by atoms with Gasteiger partial charge in [0, 0.05) is 13.0 Å². The van der Waals surface area contributed by atoms with E-state index in [1.807, 2.05) is 0 Å². The Kier molecular flexibility index (Phi) is 22.0. The van der Waals surface area contributed by atoms with Crippen molar-refractivity contribution in [2.45, 2.75) is 135 Å². The zero-order valence-electron chi connectivity index (χ0n) is 29.4. The quantitative estimate of drug-likeness (QED) is 0.0352. The van der Waals surface area contributed by atoms with E-state index in [1.165, 1.54) is 34.6 Å². The molecule has 0 saturated heterocycles. The molecule has 0 saturated carbocycles. The van der Waals surface area contributed by atoms with Gasteiger partial charge in [0.25, 0.3) is 0 Å². The standard InChI is InChI=1S/C31H57N9O9/c1-7-24(43)34-15-11-9-13-23(39-31(49)25(21(6)42)40-26(44)17(2)33)30(48)37-19(4)28(46)35-18(3)27(45)36-20(5)29(47)38-22(16-41)12-8-10-14-32/h16-23,25,42H,7-15,32-33H2,1-6H3,(H,34,43)(H,35,46)(H,36,45)(H,37,48)(H,38,47)(H,39,49)(H,40,44)/t17-,18-,19-,20-,21+,22-,23-,25-/m0/s1. The third kappa shape index (κ3) is 18.3. The Balaban J connectivity index is 5.40. The summed E-state index contributed by atoms with van der Waals surface area (Å²) in [6.07, 6.45) is 2.23. The van der Waals surface area contributed by atoms with Crippen LogP contribution >= 0.6 is 0 Å². The highest BCUT2D eigenvalue weighted by Crippen LogP contribution is 2.05. The monoisotopic (exact) mass is 699 g/mol. The fraction of sp³-hybridized carbons (Fsp3) is 0.742. The van der Waals surface area contributed by atoms with Gasteiger partial charge in [-0.1, -0.05) is 6.92 Å². The zero-order valence-corrected chi connectivity index (χ0v) is 29.4. The fourth-order valence-electron chi connectivity index (χ4n) is 4.22. The number of hydrogen-bond acceptors (Lipinski definition) is 11. The van der Waals surface area contributed by atoms with Crippen LogP contribution in [0.2, 0.25) is 0 Å². The topological polar surface area (TPSA) is 293 Å². The lowest BCUT2D eigenvalue weighted by Crippen LogP contribution is -2.60. The van der Waals surface area contributed by atoms with Crippen LogP contribution < -0.4 is 48.7 Å². The number of aliphatic hydroxyl groups excluding tert-OH is 1. The molecule has 280 valence electrons. The van der Waals surface area contributed by atoms with Crippen LogP contribution in [0.15, 0.2) is 0 Å². The molecule has 0 aliphatic rings. The van der Waals surface area contributed by atoms with Crippen molar-refractivity contribution in [1.29, 1.82) is 0 Å².